The molecule has 114 valence electrons. The van der Waals surface area contributed by atoms with Crippen LogP contribution in [0.4, 0.5) is 0 Å². The van der Waals surface area contributed by atoms with Crippen LogP contribution in [0.5, 0.6) is 5.75 Å². The predicted molar refractivity (Wildman–Crippen MR) is 88.8 cm³/mol. The summed E-state index contributed by atoms with van der Waals surface area (Å²) in [5.74, 6) is 0.156. The molecule has 7 heteroatoms. The molecule has 0 spiro atoms. The number of halogens is 2. The molecule has 0 bridgehead atoms. The average Bonchev–Trinajstić information content (AvgIpc) is 2.85. The number of nitrogens with zero attached hydrogens (tertiary/aromatic N) is 2. The monoisotopic (exact) mass is 418 g/mol. The molecule has 0 fully saturated rings. The van der Waals surface area contributed by atoms with Crippen LogP contribution in [-0.4, -0.2) is 55.0 Å². The van der Waals surface area contributed by atoms with Gasteiger partial charge in [0.05, 0.1) is 8.95 Å². The highest BCUT2D eigenvalue weighted by Gasteiger charge is 2.20. The molecular formula is C14H16Br2N2O3. The quantitative estimate of drug-likeness (QED) is 0.825. The van der Waals surface area contributed by atoms with Gasteiger partial charge in [-0.1, -0.05) is 0 Å². The number of phenolic OH excluding ortho intramolecular Hbond substituents is 1. The molecule has 0 unspecified atom stereocenters. The number of fused-ring (bicyclic) bond motifs is 1. The van der Waals surface area contributed by atoms with Crippen molar-refractivity contribution >= 4 is 48.7 Å². The van der Waals surface area contributed by atoms with E-state index in [1.54, 1.807) is 24.1 Å². The van der Waals surface area contributed by atoms with Crippen molar-refractivity contribution in [3.8, 4) is 5.75 Å². The lowest BCUT2D eigenvalue weighted by Crippen LogP contribution is -2.33. The molecule has 1 heterocycles. The van der Waals surface area contributed by atoms with Crippen LogP contribution in [0.25, 0.3) is 11.0 Å². The van der Waals surface area contributed by atoms with Crippen LogP contribution in [0, 0.1) is 0 Å². The summed E-state index contributed by atoms with van der Waals surface area (Å²) in [5.41, 5.74) is 0.538. The number of furan rings is 1. The van der Waals surface area contributed by atoms with Crippen molar-refractivity contribution in [1.29, 1.82) is 0 Å². The number of hydrogen-bond acceptors (Lipinski definition) is 4. The van der Waals surface area contributed by atoms with E-state index in [-0.39, 0.29) is 17.4 Å². The number of amides is 1. The Morgan fingerprint density at radius 1 is 1.24 bits per heavy atom. The van der Waals surface area contributed by atoms with Gasteiger partial charge in [-0.15, -0.1) is 0 Å². The first-order valence-corrected chi connectivity index (χ1v) is 7.90. The fourth-order valence-electron chi connectivity index (χ4n) is 1.84. The van der Waals surface area contributed by atoms with Crippen LogP contribution in [-0.2, 0) is 0 Å². The summed E-state index contributed by atoms with van der Waals surface area (Å²) < 4.78 is 6.61. The molecule has 5 nitrogen and oxygen atoms in total. The van der Waals surface area contributed by atoms with Crippen molar-refractivity contribution in [3.05, 3.63) is 26.8 Å². The summed E-state index contributed by atoms with van der Waals surface area (Å²) >= 11 is 6.55. The van der Waals surface area contributed by atoms with E-state index in [2.05, 4.69) is 31.9 Å². The molecule has 1 aromatic heterocycles. The Balaban J connectivity index is 2.31. The number of hydrogen-bond donors (Lipinski definition) is 1. The molecule has 0 atom stereocenters. The van der Waals surface area contributed by atoms with Crippen LogP contribution >= 0.6 is 31.9 Å². The zero-order valence-electron chi connectivity index (χ0n) is 12.0. The van der Waals surface area contributed by atoms with E-state index in [4.69, 9.17) is 4.42 Å². The minimum Gasteiger partial charge on any atom is -0.506 e. The van der Waals surface area contributed by atoms with Gasteiger partial charge in [-0.2, -0.15) is 0 Å². The van der Waals surface area contributed by atoms with Crippen LogP contribution in [0.15, 0.2) is 25.5 Å². The molecule has 2 aromatic rings. The van der Waals surface area contributed by atoms with E-state index in [9.17, 15) is 9.90 Å². The summed E-state index contributed by atoms with van der Waals surface area (Å²) in [6.07, 6.45) is 0. The van der Waals surface area contributed by atoms with Crippen LogP contribution in [0.1, 0.15) is 10.6 Å². The summed E-state index contributed by atoms with van der Waals surface area (Å²) in [5, 5.41) is 10.5. The second kappa shape index (κ2) is 6.37. The molecule has 0 saturated carbocycles. The van der Waals surface area contributed by atoms with E-state index in [1.165, 1.54) is 0 Å². The average molecular weight is 420 g/mol. The third-order valence-corrected chi connectivity index (χ3v) is 4.54. The molecule has 1 N–H and O–H groups in total. The van der Waals surface area contributed by atoms with E-state index in [0.29, 0.717) is 26.5 Å². The lowest BCUT2D eigenvalue weighted by atomic mass is 10.2. The highest BCUT2D eigenvalue weighted by molar-refractivity contribution is 9.11. The molecule has 21 heavy (non-hydrogen) atoms. The standard InChI is InChI=1S/C14H16Br2N2O3/c1-17(2)4-5-18(3)14(20)11-6-8-10(21-11)7-9(15)13(19)12(8)16/h6-7,19H,4-5H2,1-3H3. The van der Waals surface area contributed by atoms with Crippen LogP contribution in [0.2, 0.25) is 0 Å². The van der Waals surface area contributed by atoms with Gasteiger partial charge in [0, 0.05) is 25.5 Å². The number of phenols is 1. The van der Waals surface area contributed by atoms with Gasteiger partial charge in [-0.05, 0) is 58.1 Å². The number of rotatable bonds is 4. The minimum atomic E-state index is -0.185. The summed E-state index contributed by atoms with van der Waals surface area (Å²) in [7, 11) is 5.65. The highest BCUT2D eigenvalue weighted by atomic mass is 79.9. The van der Waals surface area contributed by atoms with Crippen LogP contribution in [0.3, 0.4) is 0 Å². The second-order valence-corrected chi connectivity index (χ2v) is 6.72. The zero-order chi connectivity index (χ0) is 15.7. The fraction of sp³-hybridized carbons (Fsp3) is 0.357. The Morgan fingerprint density at radius 3 is 2.52 bits per heavy atom. The van der Waals surface area contributed by atoms with Gasteiger partial charge in [0.1, 0.15) is 11.3 Å². The number of carbonyl (C=O) groups excluding carboxylic acids is 1. The summed E-state index contributed by atoms with van der Waals surface area (Å²) in [6.45, 7) is 1.39. The first-order chi connectivity index (χ1) is 9.81. The highest BCUT2D eigenvalue weighted by Crippen LogP contribution is 2.40. The third-order valence-electron chi connectivity index (χ3n) is 3.13. The molecule has 0 aliphatic carbocycles. The van der Waals surface area contributed by atoms with Gasteiger partial charge in [0.15, 0.2) is 5.76 Å². The van der Waals surface area contributed by atoms with Gasteiger partial charge < -0.3 is 19.3 Å². The molecular weight excluding hydrogens is 404 g/mol. The van der Waals surface area contributed by atoms with Gasteiger partial charge in [0.25, 0.3) is 5.91 Å². The van der Waals surface area contributed by atoms with Crippen molar-refractivity contribution in [3.63, 3.8) is 0 Å². The lowest BCUT2D eigenvalue weighted by molar-refractivity contribution is 0.0757. The Kier molecular flexibility index (Phi) is 4.95. The molecule has 0 saturated heterocycles. The largest absolute Gasteiger partial charge is 0.506 e. The molecule has 1 aromatic carbocycles. The maximum absolute atomic E-state index is 12.3. The number of benzene rings is 1. The maximum Gasteiger partial charge on any atom is 0.289 e. The summed E-state index contributed by atoms with van der Waals surface area (Å²) in [4.78, 5) is 16.0. The van der Waals surface area contributed by atoms with Gasteiger partial charge in [0.2, 0.25) is 0 Å². The molecule has 1 amide bonds. The molecule has 0 radical (unpaired) electrons. The normalized spacial score (nSPS) is 11.3. The second-order valence-electron chi connectivity index (χ2n) is 5.07. The predicted octanol–water partition coefficient (Wildman–Crippen LogP) is 3.30. The van der Waals surface area contributed by atoms with Gasteiger partial charge in [-0.3, -0.25) is 4.79 Å². The number of likely N-dealkylation sites (N-methyl/N-ethyl adjacent to an activating group) is 2. The SMILES string of the molecule is CN(C)CCN(C)C(=O)c1cc2c(Br)c(O)c(Br)cc2o1. The van der Waals surface area contributed by atoms with Crippen molar-refractivity contribution < 1.29 is 14.3 Å². The Labute approximate surface area is 139 Å². The Bertz CT molecular complexity index is 682. The summed E-state index contributed by atoms with van der Waals surface area (Å²) in [6, 6.07) is 3.28. The van der Waals surface area contributed by atoms with E-state index < -0.39 is 0 Å². The smallest absolute Gasteiger partial charge is 0.289 e. The topological polar surface area (TPSA) is 56.9 Å². The lowest BCUT2D eigenvalue weighted by Gasteiger charge is -2.18. The number of carbonyl (C=O) groups is 1. The van der Waals surface area contributed by atoms with Crippen molar-refractivity contribution in [2.75, 3.05) is 34.2 Å². The molecule has 0 aliphatic rings. The fourth-order valence-corrected chi connectivity index (χ4v) is 3.04. The molecule has 2 rings (SSSR count). The third kappa shape index (κ3) is 3.41. The maximum atomic E-state index is 12.3. The Hall–Kier alpha value is -1.05. The molecule has 0 aliphatic heterocycles. The zero-order valence-corrected chi connectivity index (χ0v) is 15.2. The van der Waals surface area contributed by atoms with Crippen molar-refractivity contribution in [1.82, 2.24) is 9.80 Å². The first-order valence-electron chi connectivity index (χ1n) is 6.32. The van der Waals surface area contributed by atoms with Crippen molar-refractivity contribution in [2.24, 2.45) is 0 Å². The van der Waals surface area contributed by atoms with Crippen LogP contribution < -0.4 is 0 Å². The van der Waals surface area contributed by atoms with E-state index in [1.807, 2.05) is 19.0 Å². The van der Waals surface area contributed by atoms with Crippen molar-refractivity contribution in [2.45, 2.75) is 0 Å². The van der Waals surface area contributed by atoms with E-state index in [0.717, 1.165) is 6.54 Å². The Morgan fingerprint density at radius 2 is 1.90 bits per heavy atom. The van der Waals surface area contributed by atoms with Gasteiger partial charge >= 0.3 is 0 Å². The first kappa shape index (κ1) is 16.3. The minimum absolute atomic E-state index is 0.0864. The number of aromatic hydroxyl groups is 1. The van der Waals surface area contributed by atoms with Gasteiger partial charge in [-0.25, -0.2) is 0 Å². The van der Waals surface area contributed by atoms with E-state index >= 15 is 0 Å².